The van der Waals surface area contributed by atoms with Crippen LogP contribution >= 0.6 is 12.2 Å². The van der Waals surface area contributed by atoms with E-state index in [-0.39, 0.29) is 29.8 Å². The Hall–Kier alpha value is -3.90. The highest BCUT2D eigenvalue weighted by Gasteiger charge is 2.33. The summed E-state index contributed by atoms with van der Waals surface area (Å²) in [6, 6.07) is 8.91. The molecule has 1 atom stereocenters. The van der Waals surface area contributed by atoms with Crippen LogP contribution in [0.5, 0.6) is 23.0 Å². The van der Waals surface area contributed by atoms with Gasteiger partial charge in [-0.3, -0.25) is 19.1 Å². The monoisotopic (exact) mass is 551 g/mol. The van der Waals surface area contributed by atoms with E-state index in [1.54, 1.807) is 30.9 Å². The van der Waals surface area contributed by atoms with Gasteiger partial charge in [-0.2, -0.15) is 0 Å². The van der Waals surface area contributed by atoms with Crippen LogP contribution in [0.25, 0.3) is 10.9 Å². The zero-order valence-electron chi connectivity index (χ0n) is 21.8. The summed E-state index contributed by atoms with van der Waals surface area (Å²) in [5, 5.41) is 3.64. The maximum absolute atomic E-state index is 13.1. The molecule has 1 saturated heterocycles. The number of fused-ring (bicyclic) bond motifs is 4. The number of nitrogens with one attached hydrogen (secondary N) is 1. The summed E-state index contributed by atoms with van der Waals surface area (Å²) >= 11 is 5.55. The van der Waals surface area contributed by atoms with Crippen LogP contribution in [-0.4, -0.2) is 78.4 Å². The zero-order chi connectivity index (χ0) is 27.1. The smallest absolute Gasteiger partial charge is 0.248 e. The van der Waals surface area contributed by atoms with E-state index in [1.807, 2.05) is 23.1 Å². The summed E-state index contributed by atoms with van der Waals surface area (Å²) in [5.41, 5.74) is 1.75. The van der Waals surface area contributed by atoms with E-state index in [1.165, 1.54) is 0 Å². The summed E-state index contributed by atoms with van der Waals surface area (Å²) in [6.45, 7) is 3.89. The van der Waals surface area contributed by atoms with E-state index in [9.17, 15) is 9.59 Å². The molecule has 6 rings (SSSR count). The third kappa shape index (κ3) is 4.74. The fourth-order valence-corrected chi connectivity index (χ4v) is 5.71. The molecule has 1 aromatic heterocycles. The Bertz CT molecular complexity index is 1520. The maximum atomic E-state index is 13.1. The van der Waals surface area contributed by atoms with Crippen LogP contribution in [0.4, 0.5) is 5.82 Å². The highest BCUT2D eigenvalue weighted by molar-refractivity contribution is 7.71. The Morgan fingerprint density at radius 3 is 2.59 bits per heavy atom. The molecule has 3 aromatic rings. The van der Waals surface area contributed by atoms with Crippen molar-refractivity contribution in [3.05, 3.63) is 40.7 Å². The number of carbonyl (C=O) groups excluding carboxylic acids is 2. The van der Waals surface area contributed by atoms with Gasteiger partial charge in [-0.05, 0) is 42.4 Å². The van der Waals surface area contributed by atoms with Crippen molar-refractivity contribution in [1.82, 2.24) is 19.4 Å². The lowest BCUT2D eigenvalue weighted by atomic mass is 10.1. The van der Waals surface area contributed by atoms with E-state index in [0.717, 1.165) is 36.7 Å². The zero-order valence-corrected chi connectivity index (χ0v) is 22.6. The molecule has 4 heterocycles. The largest absolute Gasteiger partial charge is 0.493 e. The second kappa shape index (κ2) is 10.3. The number of anilines is 1. The average Bonchev–Trinajstić information content (AvgIpc) is 3.55. The number of ether oxygens (including phenoxy) is 4. The topological polar surface area (TPSA) is 107 Å². The van der Waals surface area contributed by atoms with Gasteiger partial charge in [0.25, 0.3) is 0 Å². The van der Waals surface area contributed by atoms with Crippen molar-refractivity contribution in [2.45, 2.75) is 25.4 Å². The number of methoxy groups -OCH3 is 2. The van der Waals surface area contributed by atoms with Gasteiger partial charge in [-0.25, -0.2) is 4.98 Å². The van der Waals surface area contributed by atoms with Crippen molar-refractivity contribution in [3.8, 4) is 23.0 Å². The van der Waals surface area contributed by atoms with Crippen LogP contribution < -0.4 is 24.3 Å². The second-order valence-electron chi connectivity index (χ2n) is 9.73. The van der Waals surface area contributed by atoms with Gasteiger partial charge in [0, 0.05) is 50.6 Å². The molecule has 3 aliphatic rings. The SMILES string of the molecule is COc1cc2nc(=S)n3c(c2cc1OC)NC(=O)C3CCC(=O)N1CCN(Cc2ccc3c(c2)OCO3)CC1. The fraction of sp³-hybridized carbons (Fsp3) is 0.407. The van der Waals surface area contributed by atoms with Crippen LogP contribution in [0, 0.1) is 4.77 Å². The minimum Gasteiger partial charge on any atom is -0.493 e. The molecule has 0 bridgehead atoms. The fourth-order valence-electron chi connectivity index (χ4n) is 5.40. The van der Waals surface area contributed by atoms with Crippen LogP contribution in [0.15, 0.2) is 30.3 Å². The van der Waals surface area contributed by atoms with Crippen molar-refractivity contribution >= 4 is 40.8 Å². The molecule has 3 aliphatic heterocycles. The lowest BCUT2D eigenvalue weighted by Crippen LogP contribution is -2.48. The molecular formula is C27H29N5O6S. The predicted molar refractivity (Wildman–Crippen MR) is 145 cm³/mol. The minimum absolute atomic E-state index is 0.0330. The molecule has 1 fully saturated rings. The number of aromatic nitrogens is 2. The maximum Gasteiger partial charge on any atom is 0.248 e. The lowest BCUT2D eigenvalue weighted by Gasteiger charge is -2.35. The van der Waals surface area contributed by atoms with Crippen LogP contribution in [0.2, 0.25) is 0 Å². The molecule has 0 aliphatic carbocycles. The summed E-state index contributed by atoms with van der Waals surface area (Å²) in [6.07, 6.45) is 0.579. The molecule has 0 spiro atoms. The van der Waals surface area contributed by atoms with Crippen LogP contribution in [0.1, 0.15) is 24.4 Å². The number of rotatable bonds is 7. The quantitative estimate of drug-likeness (QED) is 0.443. The second-order valence-corrected chi connectivity index (χ2v) is 10.1. The van der Waals surface area contributed by atoms with Crippen molar-refractivity contribution in [2.75, 3.05) is 52.5 Å². The van der Waals surface area contributed by atoms with E-state index in [2.05, 4.69) is 15.2 Å². The number of nitrogens with zero attached hydrogens (tertiary/aromatic N) is 4. The summed E-state index contributed by atoms with van der Waals surface area (Å²) in [5.74, 6) is 3.00. The molecule has 2 amide bonds. The van der Waals surface area contributed by atoms with Gasteiger partial charge < -0.3 is 29.2 Å². The van der Waals surface area contributed by atoms with Crippen molar-refractivity contribution < 1.29 is 28.5 Å². The van der Waals surface area contributed by atoms with Crippen LogP contribution in [0.3, 0.4) is 0 Å². The molecular weight excluding hydrogens is 522 g/mol. The normalized spacial score (nSPS) is 18.3. The molecule has 11 nitrogen and oxygen atoms in total. The Kier molecular flexibility index (Phi) is 6.73. The van der Waals surface area contributed by atoms with Crippen molar-refractivity contribution in [3.63, 3.8) is 0 Å². The Morgan fingerprint density at radius 1 is 1.08 bits per heavy atom. The number of benzene rings is 2. The molecule has 2 aromatic carbocycles. The first kappa shape index (κ1) is 25.4. The van der Waals surface area contributed by atoms with E-state index in [0.29, 0.717) is 47.7 Å². The van der Waals surface area contributed by atoms with Crippen molar-refractivity contribution in [1.29, 1.82) is 0 Å². The third-order valence-electron chi connectivity index (χ3n) is 7.48. The molecule has 39 heavy (non-hydrogen) atoms. The van der Waals surface area contributed by atoms with Gasteiger partial charge in [0.15, 0.2) is 23.0 Å². The molecule has 12 heteroatoms. The summed E-state index contributed by atoms with van der Waals surface area (Å²) in [4.78, 5) is 34.8. The molecule has 1 unspecified atom stereocenters. The number of hydrogen-bond donors (Lipinski definition) is 1. The number of amides is 2. The molecule has 0 saturated carbocycles. The van der Waals surface area contributed by atoms with Gasteiger partial charge >= 0.3 is 0 Å². The Balaban J connectivity index is 1.09. The van der Waals surface area contributed by atoms with Gasteiger partial charge in [0.1, 0.15) is 11.9 Å². The van der Waals surface area contributed by atoms with E-state index in [4.69, 9.17) is 31.2 Å². The molecule has 0 radical (unpaired) electrons. The third-order valence-corrected chi connectivity index (χ3v) is 7.76. The molecule has 1 N–H and O–H groups in total. The highest BCUT2D eigenvalue weighted by atomic mass is 32.1. The summed E-state index contributed by atoms with van der Waals surface area (Å²) in [7, 11) is 3.10. The van der Waals surface area contributed by atoms with Crippen molar-refractivity contribution in [2.24, 2.45) is 0 Å². The lowest BCUT2D eigenvalue weighted by molar-refractivity contribution is -0.133. The summed E-state index contributed by atoms with van der Waals surface area (Å²) < 4.78 is 23.7. The number of piperazine rings is 1. The standard InChI is InChI=1S/C27H29N5O6S/c1-35-21-12-17-18(13-22(21)36-2)28-27(39)32-19(26(34)29-25(17)32)4-6-24(33)31-9-7-30(8-10-31)14-16-3-5-20-23(11-16)38-15-37-20/h3,5,11-13,19H,4,6-10,14-15H2,1-2H3,(H,29,34). The predicted octanol–water partition coefficient (Wildman–Crippen LogP) is 3.13. The van der Waals surface area contributed by atoms with Gasteiger partial charge in [0.05, 0.1) is 19.7 Å². The number of hydrogen-bond acceptors (Lipinski definition) is 9. The first-order chi connectivity index (χ1) is 18.9. The minimum atomic E-state index is -0.603. The highest BCUT2D eigenvalue weighted by Crippen LogP contribution is 2.39. The number of carbonyl (C=O) groups is 2. The Morgan fingerprint density at radius 2 is 1.82 bits per heavy atom. The average molecular weight is 552 g/mol. The first-order valence-electron chi connectivity index (χ1n) is 12.8. The van der Waals surface area contributed by atoms with Gasteiger partial charge in [-0.15, -0.1) is 0 Å². The first-order valence-corrected chi connectivity index (χ1v) is 13.2. The van der Waals surface area contributed by atoms with Gasteiger partial charge in [0.2, 0.25) is 23.4 Å². The van der Waals surface area contributed by atoms with Crippen LogP contribution in [-0.2, 0) is 16.1 Å². The van der Waals surface area contributed by atoms with E-state index < -0.39 is 6.04 Å². The Labute approximate surface area is 230 Å². The van der Waals surface area contributed by atoms with E-state index >= 15 is 0 Å². The van der Waals surface area contributed by atoms with Gasteiger partial charge in [-0.1, -0.05) is 6.07 Å². The molecule has 204 valence electrons.